The summed E-state index contributed by atoms with van der Waals surface area (Å²) in [6.07, 6.45) is 13.6. The van der Waals surface area contributed by atoms with Gasteiger partial charge in [0.1, 0.15) is 0 Å². The van der Waals surface area contributed by atoms with Crippen molar-refractivity contribution in [3.05, 3.63) is 0 Å². The Balaban J connectivity index is 0.000000151. The minimum absolute atomic E-state index is 0.376. The molecule has 0 bridgehead atoms. The first kappa shape index (κ1) is 13.6. The summed E-state index contributed by atoms with van der Waals surface area (Å²) in [5, 5.41) is 0. The van der Waals surface area contributed by atoms with E-state index in [1.165, 1.54) is 64.2 Å². The zero-order valence-corrected chi connectivity index (χ0v) is 11.7. The van der Waals surface area contributed by atoms with Gasteiger partial charge in [0.25, 0.3) is 0 Å². The zero-order chi connectivity index (χ0) is 10.9. The second-order valence-electron chi connectivity index (χ2n) is 4.80. The maximum absolute atomic E-state index is 10.3. The Morgan fingerprint density at radius 2 is 1.27 bits per heavy atom. The fourth-order valence-electron chi connectivity index (χ4n) is 2.32. The first-order valence-electron chi connectivity index (χ1n) is 6.41. The van der Waals surface area contributed by atoms with Crippen molar-refractivity contribution in [3.63, 3.8) is 0 Å². The average molecular weight is 246 g/mol. The number of hydrogen-bond acceptors (Lipinski definition) is 1. The SMILES string of the molecule is O=PC1CCCCC1.PC1CCCCC1. The molecule has 0 saturated heterocycles. The second-order valence-corrected chi connectivity index (χ2v) is 6.68. The van der Waals surface area contributed by atoms with Crippen LogP contribution < -0.4 is 0 Å². The molecule has 0 aliphatic heterocycles. The van der Waals surface area contributed by atoms with Crippen molar-refractivity contribution in [3.8, 4) is 0 Å². The van der Waals surface area contributed by atoms with Gasteiger partial charge in [0.15, 0.2) is 8.46 Å². The molecule has 0 N–H and O–H groups in total. The molecule has 1 nitrogen and oxygen atoms in total. The van der Waals surface area contributed by atoms with Gasteiger partial charge in [-0.1, -0.05) is 38.5 Å². The molecular weight excluding hydrogens is 222 g/mol. The molecule has 0 aromatic carbocycles. The summed E-state index contributed by atoms with van der Waals surface area (Å²) in [5.74, 6) is 0. The minimum Gasteiger partial charge on any atom is -0.275 e. The van der Waals surface area contributed by atoms with E-state index in [4.69, 9.17) is 0 Å². The lowest BCUT2D eigenvalue weighted by atomic mass is 10.0. The Hall–Kier alpha value is 0.530. The van der Waals surface area contributed by atoms with Crippen LogP contribution in [-0.4, -0.2) is 11.3 Å². The highest BCUT2D eigenvalue weighted by Gasteiger charge is 2.11. The fraction of sp³-hybridized carbons (Fsp3) is 1.00. The van der Waals surface area contributed by atoms with Gasteiger partial charge in [0.05, 0.1) is 0 Å². The van der Waals surface area contributed by atoms with E-state index in [2.05, 4.69) is 9.24 Å². The third-order valence-electron chi connectivity index (χ3n) is 3.37. The first-order valence-corrected chi connectivity index (χ1v) is 7.96. The summed E-state index contributed by atoms with van der Waals surface area (Å²) in [6, 6.07) is 0. The number of hydrogen-bond donors (Lipinski definition) is 0. The summed E-state index contributed by atoms with van der Waals surface area (Å²) >= 11 is 0. The molecule has 2 aliphatic rings. The Morgan fingerprint density at radius 1 is 0.800 bits per heavy atom. The van der Waals surface area contributed by atoms with Crippen LogP contribution in [0.1, 0.15) is 64.2 Å². The van der Waals surface area contributed by atoms with Crippen LogP contribution in [0.2, 0.25) is 0 Å². The van der Waals surface area contributed by atoms with Crippen LogP contribution in [-0.2, 0) is 4.57 Å². The normalized spacial score (nSPS) is 24.6. The molecule has 0 spiro atoms. The molecule has 3 heteroatoms. The molecule has 0 amide bonds. The highest BCUT2D eigenvalue weighted by molar-refractivity contribution is 7.24. The van der Waals surface area contributed by atoms with Crippen LogP contribution in [0.5, 0.6) is 0 Å². The largest absolute Gasteiger partial charge is 0.275 e. The zero-order valence-electron chi connectivity index (χ0n) is 9.66. The Bertz CT molecular complexity index is 161. The lowest BCUT2D eigenvalue weighted by Crippen LogP contribution is -2.03. The summed E-state index contributed by atoms with van der Waals surface area (Å²) in [5.41, 5.74) is 1.46. The molecule has 2 aliphatic carbocycles. The van der Waals surface area contributed by atoms with E-state index in [0.717, 1.165) is 5.66 Å². The van der Waals surface area contributed by atoms with Crippen LogP contribution in [0.15, 0.2) is 0 Å². The van der Waals surface area contributed by atoms with E-state index in [1.807, 2.05) is 0 Å². The van der Waals surface area contributed by atoms with Gasteiger partial charge < -0.3 is 0 Å². The summed E-state index contributed by atoms with van der Waals surface area (Å²) in [4.78, 5) is 0. The van der Waals surface area contributed by atoms with E-state index in [9.17, 15) is 4.57 Å². The molecule has 1 unspecified atom stereocenters. The van der Waals surface area contributed by atoms with E-state index >= 15 is 0 Å². The van der Waals surface area contributed by atoms with Crippen molar-refractivity contribution >= 4 is 17.7 Å². The number of rotatable bonds is 1. The Kier molecular flexibility index (Phi) is 7.84. The van der Waals surface area contributed by atoms with E-state index in [0.29, 0.717) is 14.1 Å². The molecule has 15 heavy (non-hydrogen) atoms. The summed E-state index contributed by atoms with van der Waals surface area (Å²) in [7, 11) is 3.28. The predicted octanol–water partition coefficient (Wildman–Crippen LogP) is 4.81. The lowest BCUT2D eigenvalue weighted by molar-refractivity contribution is 0.498. The van der Waals surface area contributed by atoms with Crippen LogP contribution in [0.25, 0.3) is 0 Å². The predicted molar refractivity (Wildman–Crippen MR) is 71.1 cm³/mol. The maximum atomic E-state index is 10.3. The molecule has 2 saturated carbocycles. The maximum Gasteiger partial charge on any atom is 0.158 e. The van der Waals surface area contributed by atoms with Crippen molar-refractivity contribution in [2.45, 2.75) is 75.5 Å². The third-order valence-corrected chi connectivity index (χ3v) is 4.85. The van der Waals surface area contributed by atoms with Gasteiger partial charge in [-0.25, -0.2) is 0 Å². The monoisotopic (exact) mass is 246 g/mol. The van der Waals surface area contributed by atoms with Crippen molar-refractivity contribution < 1.29 is 4.57 Å². The molecule has 0 radical (unpaired) electrons. The topological polar surface area (TPSA) is 17.1 Å². The van der Waals surface area contributed by atoms with Crippen LogP contribution in [0.3, 0.4) is 0 Å². The quantitative estimate of drug-likeness (QED) is 0.607. The van der Waals surface area contributed by atoms with Gasteiger partial charge in [-0.3, -0.25) is 4.57 Å². The molecule has 88 valence electrons. The summed E-state index contributed by atoms with van der Waals surface area (Å²) in [6.45, 7) is 0. The lowest BCUT2D eigenvalue weighted by Gasteiger charge is -2.15. The van der Waals surface area contributed by atoms with Gasteiger partial charge in [-0.05, 0) is 31.3 Å². The average Bonchev–Trinajstić information content (AvgIpc) is 2.32. The smallest absolute Gasteiger partial charge is 0.158 e. The Morgan fingerprint density at radius 3 is 1.53 bits per heavy atom. The first-order chi connectivity index (χ1) is 7.33. The van der Waals surface area contributed by atoms with Gasteiger partial charge in [-0.2, -0.15) is 0 Å². The third kappa shape index (κ3) is 6.64. The van der Waals surface area contributed by atoms with Crippen LogP contribution >= 0.6 is 17.7 Å². The molecule has 2 fully saturated rings. The van der Waals surface area contributed by atoms with E-state index in [-0.39, 0.29) is 0 Å². The molecule has 0 aromatic heterocycles. The van der Waals surface area contributed by atoms with Gasteiger partial charge in [0, 0.05) is 5.66 Å². The minimum atomic E-state index is 0.376. The molecule has 0 heterocycles. The van der Waals surface area contributed by atoms with Crippen molar-refractivity contribution in [2.75, 3.05) is 0 Å². The highest BCUT2D eigenvalue weighted by atomic mass is 31.1. The molecule has 1 atom stereocenters. The molecular formula is C12H24OP2. The van der Waals surface area contributed by atoms with Gasteiger partial charge in [-0.15, -0.1) is 9.24 Å². The second kappa shape index (κ2) is 8.66. The fourth-order valence-corrected chi connectivity index (χ4v) is 3.37. The molecule has 0 aromatic rings. The van der Waals surface area contributed by atoms with Crippen molar-refractivity contribution in [1.82, 2.24) is 0 Å². The summed E-state index contributed by atoms with van der Waals surface area (Å²) < 4.78 is 10.3. The standard InChI is InChI=1S/C6H11OP.C6H13P/c7-8-6-4-2-1-3-5-6;7-6-4-2-1-3-5-6/h6H,1-5H2;6H,1-5,7H2. The van der Waals surface area contributed by atoms with Gasteiger partial charge in [0.2, 0.25) is 0 Å². The van der Waals surface area contributed by atoms with Crippen LogP contribution in [0.4, 0.5) is 0 Å². The highest BCUT2D eigenvalue weighted by Crippen LogP contribution is 2.26. The van der Waals surface area contributed by atoms with E-state index < -0.39 is 0 Å². The van der Waals surface area contributed by atoms with Crippen molar-refractivity contribution in [2.24, 2.45) is 0 Å². The molecule has 2 rings (SSSR count). The Labute approximate surface area is 98.2 Å². The van der Waals surface area contributed by atoms with E-state index in [1.54, 1.807) is 0 Å². The van der Waals surface area contributed by atoms with Gasteiger partial charge >= 0.3 is 0 Å². The van der Waals surface area contributed by atoms with Crippen molar-refractivity contribution in [1.29, 1.82) is 0 Å². The van der Waals surface area contributed by atoms with Crippen LogP contribution in [0, 0.1) is 0 Å².